The van der Waals surface area contributed by atoms with Crippen molar-refractivity contribution in [2.45, 2.75) is 26.2 Å². The van der Waals surface area contributed by atoms with Crippen LogP contribution in [0.1, 0.15) is 23.4 Å². The lowest BCUT2D eigenvalue weighted by molar-refractivity contribution is 0.792. The van der Waals surface area contributed by atoms with Crippen molar-refractivity contribution in [2.75, 3.05) is 0 Å². The van der Waals surface area contributed by atoms with Gasteiger partial charge in [0.05, 0.1) is 0 Å². The summed E-state index contributed by atoms with van der Waals surface area (Å²) in [6.45, 7) is 2.00. The summed E-state index contributed by atoms with van der Waals surface area (Å²) in [5.74, 6) is 0. The third kappa shape index (κ3) is 3.16. The lowest BCUT2D eigenvalue weighted by Crippen LogP contribution is -1.95. The Hall–Kier alpha value is -1.70. The van der Waals surface area contributed by atoms with Crippen molar-refractivity contribution in [3.05, 3.63) is 59.7 Å². The molecule has 0 bridgehead atoms. The molecule has 0 aliphatic carbocycles. The van der Waals surface area contributed by atoms with Crippen LogP contribution in [-0.2, 0) is 12.8 Å². The predicted octanol–water partition coefficient (Wildman–Crippen LogP) is 2.96. The Morgan fingerprint density at radius 1 is 1.00 bits per heavy atom. The van der Waals surface area contributed by atoms with Crippen LogP contribution in [0.4, 0.5) is 0 Å². The first-order valence-corrected chi connectivity index (χ1v) is 5.66. The van der Waals surface area contributed by atoms with Crippen LogP contribution in [0.5, 0.6) is 0 Å². The SMILES string of the molecule is Cc1cc(CCCc2ccccc2)ncn1. The second-order valence-electron chi connectivity index (χ2n) is 3.99. The van der Waals surface area contributed by atoms with Gasteiger partial charge in [-0.25, -0.2) is 9.97 Å². The maximum absolute atomic E-state index is 4.26. The molecule has 0 spiro atoms. The second kappa shape index (κ2) is 5.40. The van der Waals surface area contributed by atoms with Crippen molar-refractivity contribution in [1.82, 2.24) is 9.97 Å². The fraction of sp³-hybridized carbons (Fsp3) is 0.286. The van der Waals surface area contributed by atoms with Crippen molar-refractivity contribution in [3.8, 4) is 0 Å². The molecule has 2 aromatic rings. The van der Waals surface area contributed by atoms with E-state index in [9.17, 15) is 0 Å². The molecule has 0 aliphatic heterocycles. The zero-order chi connectivity index (χ0) is 11.2. The first-order chi connectivity index (χ1) is 7.84. The molecular formula is C14H16N2. The van der Waals surface area contributed by atoms with Gasteiger partial charge in [-0.3, -0.25) is 0 Å². The van der Waals surface area contributed by atoms with E-state index in [4.69, 9.17) is 0 Å². The van der Waals surface area contributed by atoms with Crippen molar-refractivity contribution in [3.63, 3.8) is 0 Å². The molecule has 0 amide bonds. The topological polar surface area (TPSA) is 25.8 Å². The van der Waals surface area contributed by atoms with Gasteiger partial charge in [0, 0.05) is 11.4 Å². The molecule has 0 saturated heterocycles. The lowest BCUT2D eigenvalue weighted by atomic mass is 10.1. The van der Waals surface area contributed by atoms with E-state index in [0.717, 1.165) is 30.7 Å². The average molecular weight is 212 g/mol. The number of hydrogen-bond acceptors (Lipinski definition) is 2. The van der Waals surface area contributed by atoms with Crippen LogP contribution >= 0.6 is 0 Å². The quantitative estimate of drug-likeness (QED) is 0.778. The molecule has 1 heterocycles. The van der Waals surface area contributed by atoms with Gasteiger partial charge >= 0.3 is 0 Å². The van der Waals surface area contributed by atoms with E-state index in [-0.39, 0.29) is 0 Å². The van der Waals surface area contributed by atoms with Crippen LogP contribution in [0.15, 0.2) is 42.7 Å². The molecule has 82 valence electrons. The van der Waals surface area contributed by atoms with Crippen molar-refractivity contribution >= 4 is 0 Å². The second-order valence-corrected chi connectivity index (χ2v) is 3.99. The highest BCUT2D eigenvalue weighted by molar-refractivity contribution is 5.15. The normalized spacial score (nSPS) is 10.3. The molecule has 0 aliphatic rings. The van der Waals surface area contributed by atoms with E-state index >= 15 is 0 Å². The Morgan fingerprint density at radius 3 is 2.56 bits per heavy atom. The van der Waals surface area contributed by atoms with Gasteiger partial charge < -0.3 is 0 Å². The summed E-state index contributed by atoms with van der Waals surface area (Å²) in [6.07, 6.45) is 4.93. The molecule has 0 N–H and O–H groups in total. The molecule has 1 aromatic heterocycles. The summed E-state index contributed by atoms with van der Waals surface area (Å²) in [7, 11) is 0. The zero-order valence-corrected chi connectivity index (χ0v) is 9.56. The minimum Gasteiger partial charge on any atom is -0.242 e. The van der Waals surface area contributed by atoms with E-state index in [0.29, 0.717) is 0 Å². The van der Waals surface area contributed by atoms with E-state index in [2.05, 4.69) is 46.4 Å². The third-order valence-electron chi connectivity index (χ3n) is 2.60. The minimum absolute atomic E-state index is 1.03. The van der Waals surface area contributed by atoms with Crippen molar-refractivity contribution in [2.24, 2.45) is 0 Å². The number of nitrogens with zero attached hydrogens (tertiary/aromatic N) is 2. The number of aryl methyl sites for hydroxylation is 3. The average Bonchev–Trinajstić information content (AvgIpc) is 2.30. The monoisotopic (exact) mass is 212 g/mol. The number of hydrogen-bond donors (Lipinski definition) is 0. The predicted molar refractivity (Wildman–Crippen MR) is 65.2 cm³/mol. The smallest absolute Gasteiger partial charge is 0.115 e. The summed E-state index contributed by atoms with van der Waals surface area (Å²) in [4.78, 5) is 8.35. The molecule has 0 fully saturated rings. The molecule has 1 aromatic carbocycles. The molecule has 16 heavy (non-hydrogen) atoms. The summed E-state index contributed by atoms with van der Waals surface area (Å²) in [5, 5.41) is 0. The van der Waals surface area contributed by atoms with Gasteiger partial charge in [-0.2, -0.15) is 0 Å². The van der Waals surface area contributed by atoms with Gasteiger partial charge in [0.2, 0.25) is 0 Å². The highest BCUT2D eigenvalue weighted by atomic mass is 14.8. The fourth-order valence-electron chi connectivity index (χ4n) is 1.76. The first kappa shape index (κ1) is 10.8. The standard InChI is InChI=1S/C14H16N2/c1-12-10-14(16-11-15-12)9-5-8-13-6-3-2-4-7-13/h2-4,6-7,10-11H,5,8-9H2,1H3. The fourth-order valence-corrected chi connectivity index (χ4v) is 1.76. The van der Waals surface area contributed by atoms with E-state index < -0.39 is 0 Å². The van der Waals surface area contributed by atoms with Gasteiger partial charge in [0.1, 0.15) is 6.33 Å². The van der Waals surface area contributed by atoms with Crippen molar-refractivity contribution in [1.29, 1.82) is 0 Å². The van der Waals surface area contributed by atoms with Crippen molar-refractivity contribution < 1.29 is 0 Å². The number of rotatable bonds is 4. The maximum Gasteiger partial charge on any atom is 0.115 e. The Bertz CT molecular complexity index is 437. The Kier molecular flexibility index (Phi) is 3.65. The molecule has 0 saturated carbocycles. The van der Waals surface area contributed by atoms with E-state index in [1.165, 1.54) is 5.56 Å². The molecule has 2 nitrogen and oxygen atoms in total. The Morgan fingerprint density at radius 2 is 1.81 bits per heavy atom. The summed E-state index contributed by atoms with van der Waals surface area (Å²) in [5.41, 5.74) is 3.58. The lowest BCUT2D eigenvalue weighted by Gasteiger charge is -2.02. The largest absolute Gasteiger partial charge is 0.242 e. The first-order valence-electron chi connectivity index (χ1n) is 5.66. The van der Waals surface area contributed by atoms with Crippen LogP contribution in [0.2, 0.25) is 0 Å². The summed E-state index contributed by atoms with van der Waals surface area (Å²) < 4.78 is 0. The highest BCUT2D eigenvalue weighted by Crippen LogP contribution is 2.06. The Labute approximate surface area is 96.4 Å². The Balaban J connectivity index is 1.85. The van der Waals surface area contributed by atoms with Crippen LogP contribution in [-0.4, -0.2) is 9.97 Å². The van der Waals surface area contributed by atoms with Gasteiger partial charge in [0.15, 0.2) is 0 Å². The number of benzene rings is 1. The van der Waals surface area contributed by atoms with Gasteiger partial charge in [0.25, 0.3) is 0 Å². The highest BCUT2D eigenvalue weighted by Gasteiger charge is 1.97. The van der Waals surface area contributed by atoms with Gasteiger partial charge in [-0.05, 0) is 37.8 Å². The molecule has 0 unspecified atom stereocenters. The molecule has 0 radical (unpaired) electrons. The van der Waals surface area contributed by atoms with Crippen LogP contribution < -0.4 is 0 Å². The van der Waals surface area contributed by atoms with Crippen LogP contribution in [0.3, 0.4) is 0 Å². The molecule has 0 atom stereocenters. The molecule has 2 heteroatoms. The van der Waals surface area contributed by atoms with E-state index in [1.807, 2.05) is 6.92 Å². The number of aromatic nitrogens is 2. The zero-order valence-electron chi connectivity index (χ0n) is 9.56. The summed E-state index contributed by atoms with van der Waals surface area (Å²) in [6, 6.07) is 12.6. The molecule has 2 rings (SSSR count). The third-order valence-corrected chi connectivity index (χ3v) is 2.60. The van der Waals surface area contributed by atoms with Gasteiger partial charge in [-0.15, -0.1) is 0 Å². The molecular weight excluding hydrogens is 196 g/mol. The van der Waals surface area contributed by atoms with E-state index in [1.54, 1.807) is 6.33 Å². The van der Waals surface area contributed by atoms with Crippen LogP contribution in [0, 0.1) is 6.92 Å². The summed E-state index contributed by atoms with van der Waals surface area (Å²) >= 11 is 0. The van der Waals surface area contributed by atoms with Gasteiger partial charge in [-0.1, -0.05) is 30.3 Å². The van der Waals surface area contributed by atoms with Crippen LogP contribution in [0.25, 0.3) is 0 Å². The maximum atomic E-state index is 4.26. The minimum atomic E-state index is 1.03.